The number of halogens is 3. The molecule has 1 fully saturated rings. The first kappa shape index (κ1) is 15.7. The number of hydrogen-bond acceptors (Lipinski definition) is 3. The van der Waals surface area contributed by atoms with Gasteiger partial charge in [-0.05, 0) is 37.8 Å². The number of benzene rings is 1. The first-order chi connectivity index (χ1) is 10.8. The molecular formula is C16H16F3N3O. The van der Waals surface area contributed by atoms with Crippen molar-refractivity contribution in [3.63, 3.8) is 0 Å². The summed E-state index contributed by atoms with van der Waals surface area (Å²) >= 11 is 0. The molecule has 3 rings (SSSR count). The van der Waals surface area contributed by atoms with Gasteiger partial charge in [-0.3, -0.25) is 9.78 Å². The SMILES string of the molecule is CC(C1CC1)N(CC(F)(F)F)C(=O)c1cnc2ccccc2n1. The Morgan fingerprint density at radius 2 is 1.96 bits per heavy atom. The molecule has 1 saturated carbocycles. The van der Waals surface area contributed by atoms with E-state index < -0.39 is 24.7 Å². The van der Waals surface area contributed by atoms with E-state index in [2.05, 4.69) is 9.97 Å². The highest BCUT2D eigenvalue weighted by Gasteiger charge is 2.41. The molecule has 23 heavy (non-hydrogen) atoms. The number of nitrogens with zero attached hydrogens (tertiary/aromatic N) is 3. The highest BCUT2D eigenvalue weighted by atomic mass is 19.4. The van der Waals surface area contributed by atoms with Gasteiger partial charge in [0.2, 0.25) is 0 Å². The Kier molecular flexibility index (Phi) is 3.95. The van der Waals surface area contributed by atoms with E-state index in [-0.39, 0.29) is 11.6 Å². The summed E-state index contributed by atoms with van der Waals surface area (Å²) in [6.07, 6.45) is -1.49. The maximum absolute atomic E-state index is 12.8. The number of rotatable bonds is 4. The van der Waals surface area contributed by atoms with Crippen LogP contribution < -0.4 is 0 Å². The van der Waals surface area contributed by atoms with E-state index >= 15 is 0 Å². The van der Waals surface area contributed by atoms with E-state index in [1.165, 1.54) is 6.20 Å². The molecular weight excluding hydrogens is 307 g/mol. The Bertz CT molecular complexity index is 728. The lowest BCUT2D eigenvalue weighted by atomic mass is 10.1. The Morgan fingerprint density at radius 3 is 2.57 bits per heavy atom. The molecule has 0 saturated heterocycles. The molecule has 0 N–H and O–H groups in total. The number of alkyl halides is 3. The molecule has 4 nitrogen and oxygen atoms in total. The predicted molar refractivity (Wildman–Crippen MR) is 78.8 cm³/mol. The number of fused-ring (bicyclic) bond motifs is 1. The van der Waals surface area contributed by atoms with Crippen molar-refractivity contribution in [1.29, 1.82) is 0 Å². The van der Waals surface area contributed by atoms with Crippen LogP contribution in [0.1, 0.15) is 30.3 Å². The number of carbonyl (C=O) groups is 1. The first-order valence-corrected chi connectivity index (χ1v) is 7.44. The van der Waals surface area contributed by atoms with E-state index in [9.17, 15) is 18.0 Å². The zero-order valence-electron chi connectivity index (χ0n) is 12.5. The van der Waals surface area contributed by atoms with Gasteiger partial charge in [-0.2, -0.15) is 13.2 Å². The average molecular weight is 323 g/mol. The van der Waals surface area contributed by atoms with E-state index in [4.69, 9.17) is 0 Å². The Hall–Kier alpha value is -2.18. The molecule has 0 aliphatic heterocycles. The van der Waals surface area contributed by atoms with Crippen molar-refractivity contribution in [3.05, 3.63) is 36.2 Å². The molecule has 0 radical (unpaired) electrons. The Morgan fingerprint density at radius 1 is 1.30 bits per heavy atom. The monoisotopic (exact) mass is 323 g/mol. The summed E-state index contributed by atoms with van der Waals surface area (Å²) in [4.78, 5) is 21.7. The molecule has 1 aliphatic rings. The van der Waals surface area contributed by atoms with Gasteiger partial charge in [-0.1, -0.05) is 12.1 Å². The maximum Gasteiger partial charge on any atom is 0.406 e. The maximum atomic E-state index is 12.8. The fourth-order valence-electron chi connectivity index (χ4n) is 2.63. The summed E-state index contributed by atoms with van der Waals surface area (Å²) in [6.45, 7) is 0.397. The normalized spacial score (nSPS) is 16.3. The molecule has 122 valence electrons. The van der Waals surface area contributed by atoms with Gasteiger partial charge in [0, 0.05) is 6.04 Å². The molecule has 1 aromatic heterocycles. The highest BCUT2D eigenvalue weighted by Crippen LogP contribution is 2.36. The summed E-state index contributed by atoms with van der Waals surface area (Å²) in [7, 11) is 0. The van der Waals surface area contributed by atoms with E-state index in [0.717, 1.165) is 17.7 Å². The zero-order valence-corrected chi connectivity index (χ0v) is 12.5. The molecule has 0 spiro atoms. The summed E-state index contributed by atoms with van der Waals surface area (Å²) in [5.41, 5.74) is 1.03. The van der Waals surface area contributed by atoms with Gasteiger partial charge in [0.15, 0.2) is 0 Å². The molecule has 1 amide bonds. The van der Waals surface area contributed by atoms with Gasteiger partial charge < -0.3 is 4.90 Å². The van der Waals surface area contributed by atoms with Crippen molar-refractivity contribution in [1.82, 2.24) is 14.9 Å². The van der Waals surface area contributed by atoms with Crippen LogP contribution in [0.25, 0.3) is 11.0 Å². The van der Waals surface area contributed by atoms with Gasteiger partial charge in [0.25, 0.3) is 5.91 Å². The van der Waals surface area contributed by atoms with Gasteiger partial charge in [0.05, 0.1) is 17.2 Å². The number of amides is 1. The summed E-state index contributed by atoms with van der Waals surface area (Å²) in [5.74, 6) is -0.588. The van der Waals surface area contributed by atoms with Crippen LogP contribution in [0.5, 0.6) is 0 Å². The van der Waals surface area contributed by atoms with Crippen LogP contribution >= 0.6 is 0 Å². The van der Waals surface area contributed by atoms with Crippen LogP contribution in [-0.2, 0) is 0 Å². The number of aromatic nitrogens is 2. The van der Waals surface area contributed by atoms with Crippen molar-refractivity contribution < 1.29 is 18.0 Å². The van der Waals surface area contributed by atoms with Crippen LogP contribution in [0.2, 0.25) is 0 Å². The third-order valence-corrected chi connectivity index (χ3v) is 4.07. The summed E-state index contributed by atoms with van der Waals surface area (Å²) in [5, 5.41) is 0. The average Bonchev–Trinajstić information content (AvgIpc) is 3.35. The largest absolute Gasteiger partial charge is 0.406 e. The fourth-order valence-corrected chi connectivity index (χ4v) is 2.63. The van der Waals surface area contributed by atoms with Crippen molar-refractivity contribution in [3.8, 4) is 0 Å². The van der Waals surface area contributed by atoms with Crippen LogP contribution in [0.15, 0.2) is 30.5 Å². The predicted octanol–water partition coefficient (Wildman–Crippen LogP) is 3.43. The van der Waals surface area contributed by atoms with E-state index in [1.54, 1.807) is 31.2 Å². The van der Waals surface area contributed by atoms with Crippen molar-refractivity contribution in [2.45, 2.75) is 32.0 Å². The molecule has 7 heteroatoms. The van der Waals surface area contributed by atoms with Gasteiger partial charge in [-0.25, -0.2) is 4.98 Å². The molecule has 1 heterocycles. The Balaban J connectivity index is 1.91. The third kappa shape index (κ3) is 3.60. The second-order valence-electron chi connectivity index (χ2n) is 5.87. The van der Waals surface area contributed by atoms with Gasteiger partial charge >= 0.3 is 6.18 Å². The molecule has 1 atom stereocenters. The number of hydrogen-bond donors (Lipinski definition) is 0. The lowest BCUT2D eigenvalue weighted by molar-refractivity contribution is -0.144. The van der Waals surface area contributed by atoms with E-state index in [0.29, 0.717) is 11.0 Å². The third-order valence-electron chi connectivity index (χ3n) is 4.07. The minimum atomic E-state index is -4.44. The van der Waals surface area contributed by atoms with Crippen molar-refractivity contribution in [2.75, 3.05) is 6.54 Å². The second kappa shape index (κ2) is 5.79. The summed E-state index contributed by atoms with van der Waals surface area (Å²) < 4.78 is 38.5. The molecule has 0 bridgehead atoms. The van der Waals surface area contributed by atoms with Crippen molar-refractivity contribution >= 4 is 16.9 Å². The van der Waals surface area contributed by atoms with Crippen LogP contribution in [0, 0.1) is 5.92 Å². The van der Waals surface area contributed by atoms with Crippen LogP contribution in [0.4, 0.5) is 13.2 Å². The zero-order chi connectivity index (χ0) is 16.6. The smallest absolute Gasteiger partial charge is 0.325 e. The fraction of sp³-hybridized carbons (Fsp3) is 0.438. The minimum absolute atomic E-state index is 0.0551. The van der Waals surface area contributed by atoms with Gasteiger partial charge in [0.1, 0.15) is 12.2 Å². The molecule has 1 aromatic carbocycles. The van der Waals surface area contributed by atoms with Crippen molar-refractivity contribution in [2.24, 2.45) is 5.92 Å². The van der Waals surface area contributed by atoms with E-state index in [1.807, 2.05) is 0 Å². The number of carbonyl (C=O) groups excluding carboxylic acids is 1. The Labute approximate surface area is 131 Å². The second-order valence-corrected chi connectivity index (χ2v) is 5.87. The molecule has 2 aromatic rings. The quantitative estimate of drug-likeness (QED) is 0.866. The van der Waals surface area contributed by atoms with Crippen LogP contribution in [-0.4, -0.2) is 39.5 Å². The number of para-hydroxylation sites is 2. The lowest BCUT2D eigenvalue weighted by Crippen LogP contribution is -2.45. The lowest BCUT2D eigenvalue weighted by Gasteiger charge is -2.29. The molecule has 1 aliphatic carbocycles. The summed E-state index contributed by atoms with van der Waals surface area (Å²) in [6, 6.07) is 6.47. The topological polar surface area (TPSA) is 46.1 Å². The molecule has 1 unspecified atom stereocenters. The minimum Gasteiger partial charge on any atom is -0.325 e. The first-order valence-electron chi connectivity index (χ1n) is 7.44. The van der Waals surface area contributed by atoms with Crippen LogP contribution in [0.3, 0.4) is 0 Å². The highest BCUT2D eigenvalue weighted by molar-refractivity contribution is 5.94. The van der Waals surface area contributed by atoms with Gasteiger partial charge in [-0.15, -0.1) is 0 Å². The standard InChI is InChI=1S/C16H16F3N3O/c1-10(11-6-7-11)22(9-16(17,18)19)15(23)14-8-20-12-4-2-3-5-13(12)21-14/h2-5,8,10-11H,6-7,9H2,1H3.